The quantitative estimate of drug-likeness (QED) is 0.309. The molecule has 0 bridgehead atoms. The molecule has 1 aliphatic rings. The molecule has 0 aliphatic carbocycles. The maximum absolute atomic E-state index is 11.5. The van der Waals surface area contributed by atoms with Crippen molar-refractivity contribution in [3.05, 3.63) is 95.2 Å². The number of ether oxygens (including phenoxy) is 1. The van der Waals surface area contributed by atoms with Crippen LogP contribution in [0.2, 0.25) is 0 Å². The van der Waals surface area contributed by atoms with Crippen LogP contribution in [0.25, 0.3) is 10.9 Å². The Labute approximate surface area is 217 Å². The smallest absolute Gasteiger partial charge is 0.290 e. The van der Waals surface area contributed by atoms with Crippen LogP contribution >= 0.6 is 0 Å². The van der Waals surface area contributed by atoms with Crippen LogP contribution in [0.4, 0.5) is 5.69 Å². The van der Waals surface area contributed by atoms with Crippen LogP contribution in [-0.2, 0) is 15.1 Å². The van der Waals surface area contributed by atoms with Crippen molar-refractivity contribution in [1.82, 2.24) is 4.57 Å². The van der Waals surface area contributed by atoms with E-state index in [0.717, 1.165) is 11.4 Å². The number of para-hydroxylation sites is 1. The Hall–Kier alpha value is -4.06. The molecule has 4 aromatic rings. The van der Waals surface area contributed by atoms with E-state index in [4.69, 9.17) is 14.6 Å². The molecular weight excluding hydrogens is 464 g/mol. The van der Waals surface area contributed by atoms with Crippen molar-refractivity contribution >= 4 is 29.0 Å². The molecule has 1 aromatic heterocycles. The van der Waals surface area contributed by atoms with E-state index < -0.39 is 0 Å². The molecule has 3 aromatic carbocycles. The van der Waals surface area contributed by atoms with E-state index in [1.807, 2.05) is 12.1 Å². The largest absolute Gasteiger partial charge is 0.493 e. The maximum atomic E-state index is 11.5. The van der Waals surface area contributed by atoms with Gasteiger partial charge in [0.2, 0.25) is 5.91 Å². The third kappa shape index (κ3) is 5.38. The highest BCUT2D eigenvalue weighted by Crippen LogP contribution is 2.48. The molecule has 37 heavy (non-hydrogen) atoms. The van der Waals surface area contributed by atoms with Crippen molar-refractivity contribution in [2.75, 3.05) is 11.9 Å². The van der Waals surface area contributed by atoms with Gasteiger partial charge in [0.05, 0.1) is 6.61 Å². The molecule has 2 unspecified atom stereocenters. The van der Waals surface area contributed by atoms with Crippen molar-refractivity contribution in [1.29, 1.82) is 0 Å². The molecule has 6 nitrogen and oxygen atoms in total. The van der Waals surface area contributed by atoms with Crippen LogP contribution in [0.5, 0.6) is 5.75 Å². The number of carbonyl (C=O) groups is 2. The number of hydrogen-bond donors (Lipinski definition) is 2. The second-order valence-corrected chi connectivity index (χ2v) is 10.5. The Morgan fingerprint density at radius 3 is 2.38 bits per heavy atom. The minimum Gasteiger partial charge on any atom is -0.493 e. The predicted octanol–water partition coefficient (Wildman–Crippen LogP) is 6.67. The number of carboxylic acid groups (broad SMARTS) is 1. The van der Waals surface area contributed by atoms with Gasteiger partial charge in [-0.2, -0.15) is 0 Å². The van der Waals surface area contributed by atoms with E-state index in [-0.39, 0.29) is 29.8 Å². The van der Waals surface area contributed by atoms with Gasteiger partial charge in [0.25, 0.3) is 6.47 Å². The third-order valence-electron chi connectivity index (χ3n) is 6.78. The number of hydrogen-bond acceptors (Lipinski definition) is 3. The van der Waals surface area contributed by atoms with Crippen molar-refractivity contribution < 1.29 is 19.4 Å². The summed E-state index contributed by atoms with van der Waals surface area (Å²) in [7, 11) is 0. The topological polar surface area (TPSA) is 80.6 Å². The van der Waals surface area contributed by atoms with E-state index >= 15 is 0 Å². The highest BCUT2D eigenvalue weighted by molar-refractivity contribution is 5.88. The van der Waals surface area contributed by atoms with Gasteiger partial charge in [-0.05, 0) is 68.7 Å². The first-order valence-corrected chi connectivity index (χ1v) is 12.4. The van der Waals surface area contributed by atoms with Crippen LogP contribution in [0.3, 0.4) is 0 Å². The zero-order valence-electron chi connectivity index (χ0n) is 22.0. The Morgan fingerprint density at radius 1 is 1.05 bits per heavy atom. The van der Waals surface area contributed by atoms with E-state index in [2.05, 4.69) is 98.4 Å². The predicted molar refractivity (Wildman–Crippen MR) is 148 cm³/mol. The normalized spacial score (nSPS) is 16.7. The summed E-state index contributed by atoms with van der Waals surface area (Å²) in [6.45, 7) is 10.7. The number of amides is 1. The van der Waals surface area contributed by atoms with E-state index in [1.54, 1.807) is 0 Å². The van der Waals surface area contributed by atoms with Crippen LogP contribution < -0.4 is 10.1 Å². The molecule has 0 spiro atoms. The van der Waals surface area contributed by atoms with Crippen LogP contribution in [0.15, 0.2) is 72.9 Å². The molecule has 5 rings (SSSR count). The van der Waals surface area contributed by atoms with E-state index in [0.29, 0.717) is 6.61 Å². The molecule has 1 amide bonds. The SMILES string of the molecule is CC(=O)Nc1ccc(C2c3ccc(C)cc3OCC2c2cn(C(C)(C)C)c3ccccc23)cc1.O=CO. The summed E-state index contributed by atoms with van der Waals surface area (Å²) in [6.07, 6.45) is 2.33. The zero-order chi connectivity index (χ0) is 26.7. The van der Waals surface area contributed by atoms with Crippen LogP contribution in [-0.4, -0.2) is 28.7 Å². The molecule has 0 saturated heterocycles. The lowest BCUT2D eigenvalue weighted by Gasteiger charge is -2.34. The van der Waals surface area contributed by atoms with Gasteiger partial charge in [-0.15, -0.1) is 0 Å². The molecule has 0 saturated carbocycles. The number of nitrogens with zero attached hydrogens (tertiary/aromatic N) is 1. The Morgan fingerprint density at radius 2 is 1.73 bits per heavy atom. The summed E-state index contributed by atoms with van der Waals surface area (Å²) < 4.78 is 8.77. The third-order valence-corrected chi connectivity index (χ3v) is 6.78. The highest BCUT2D eigenvalue weighted by atomic mass is 16.5. The summed E-state index contributed by atoms with van der Waals surface area (Å²) in [6, 6.07) is 23.5. The van der Waals surface area contributed by atoms with Gasteiger partial charge < -0.3 is 19.7 Å². The van der Waals surface area contributed by atoms with E-state index in [9.17, 15) is 4.79 Å². The van der Waals surface area contributed by atoms with Gasteiger partial charge in [0, 0.05) is 52.6 Å². The number of anilines is 1. The molecule has 6 heteroatoms. The Bertz CT molecular complexity index is 1410. The second-order valence-electron chi connectivity index (χ2n) is 10.5. The van der Waals surface area contributed by atoms with Crippen molar-refractivity contribution in [3.8, 4) is 5.75 Å². The minimum absolute atomic E-state index is 0.0299. The second kappa shape index (κ2) is 10.5. The molecule has 2 heterocycles. The van der Waals surface area contributed by atoms with Gasteiger partial charge in [-0.25, -0.2) is 0 Å². The number of aryl methyl sites for hydroxylation is 1. The van der Waals surface area contributed by atoms with Crippen molar-refractivity contribution in [2.45, 2.75) is 52.0 Å². The van der Waals surface area contributed by atoms with Crippen LogP contribution in [0.1, 0.15) is 61.8 Å². The summed E-state index contributed by atoms with van der Waals surface area (Å²) in [5.41, 5.74) is 6.97. The molecule has 192 valence electrons. The number of fused-ring (bicyclic) bond motifs is 2. The first kappa shape index (κ1) is 26.0. The average Bonchev–Trinajstić information content (AvgIpc) is 3.24. The summed E-state index contributed by atoms with van der Waals surface area (Å²) in [5, 5.41) is 11.0. The van der Waals surface area contributed by atoms with Gasteiger partial charge in [-0.1, -0.05) is 42.5 Å². The molecule has 2 atom stereocenters. The Balaban J connectivity index is 0.00000102. The zero-order valence-corrected chi connectivity index (χ0v) is 22.0. The molecule has 0 fully saturated rings. The van der Waals surface area contributed by atoms with Gasteiger partial charge in [-0.3, -0.25) is 9.59 Å². The lowest BCUT2D eigenvalue weighted by Crippen LogP contribution is -2.26. The van der Waals surface area contributed by atoms with Crippen LogP contribution in [0, 0.1) is 6.92 Å². The number of aromatic nitrogens is 1. The van der Waals surface area contributed by atoms with Gasteiger partial charge >= 0.3 is 0 Å². The number of benzene rings is 3. The fourth-order valence-corrected chi connectivity index (χ4v) is 5.23. The summed E-state index contributed by atoms with van der Waals surface area (Å²) >= 11 is 0. The summed E-state index contributed by atoms with van der Waals surface area (Å²) in [4.78, 5) is 19.9. The van der Waals surface area contributed by atoms with Crippen molar-refractivity contribution in [2.24, 2.45) is 0 Å². The minimum atomic E-state index is -0.250. The molecular formula is C31H34N2O4. The monoisotopic (exact) mass is 498 g/mol. The Kier molecular flexibility index (Phi) is 7.39. The van der Waals surface area contributed by atoms with E-state index in [1.165, 1.54) is 40.1 Å². The molecule has 2 N–H and O–H groups in total. The number of carbonyl (C=O) groups excluding carboxylic acids is 1. The number of nitrogens with one attached hydrogen (secondary N) is 1. The first-order chi connectivity index (χ1) is 17.6. The van der Waals surface area contributed by atoms with Crippen molar-refractivity contribution in [3.63, 3.8) is 0 Å². The standard InChI is InChI=1S/C30H32N2O2.CH2O2/c1-19-10-15-24-28(16-19)34-18-26(29(24)21-11-13-22(14-12-21)31-20(2)33)25-17-32(30(3,4)5)27-9-7-6-8-23(25)27;2-1-3/h6-17,26,29H,18H2,1-5H3,(H,31,33);1H,(H,2,3). The lowest BCUT2D eigenvalue weighted by atomic mass is 9.75. The lowest BCUT2D eigenvalue weighted by molar-refractivity contribution is -0.123. The fourth-order valence-electron chi connectivity index (χ4n) is 5.23. The van der Waals surface area contributed by atoms with Gasteiger partial charge in [0.15, 0.2) is 0 Å². The number of rotatable bonds is 3. The van der Waals surface area contributed by atoms with Gasteiger partial charge in [0.1, 0.15) is 5.75 Å². The molecule has 1 aliphatic heterocycles. The summed E-state index contributed by atoms with van der Waals surface area (Å²) in [5.74, 6) is 1.21. The fraction of sp³-hybridized carbons (Fsp3) is 0.290. The highest BCUT2D eigenvalue weighted by Gasteiger charge is 2.36. The maximum Gasteiger partial charge on any atom is 0.290 e. The first-order valence-electron chi connectivity index (χ1n) is 12.4. The molecule has 0 radical (unpaired) electrons. The average molecular weight is 499 g/mol.